The van der Waals surface area contributed by atoms with Gasteiger partial charge in [0, 0.05) is 12.6 Å². The summed E-state index contributed by atoms with van der Waals surface area (Å²) >= 11 is 0. The third-order valence-corrected chi connectivity index (χ3v) is 3.05. The molecule has 3 unspecified atom stereocenters. The lowest BCUT2D eigenvalue weighted by Crippen LogP contribution is -2.43. The monoisotopic (exact) mass is 228 g/mol. The molecular weight excluding hydrogens is 208 g/mol. The van der Waals surface area contributed by atoms with Gasteiger partial charge in [-0.3, -0.25) is 4.79 Å². The number of urea groups is 1. The van der Waals surface area contributed by atoms with Gasteiger partial charge in [0.1, 0.15) is 0 Å². The maximum atomic E-state index is 11.4. The van der Waals surface area contributed by atoms with Crippen molar-refractivity contribution in [1.29, 1.82) is 0 Å². The number of carbonyl (C=O) groups excluding carboxylic acids is 1. The molecule has 16 heavy (non-hydrogen) atoms. The lowest BCUT2D eigenvalue weighted by atomic mass is 10.1. The lowest BCUT2D eigenvalue weighted by Gasteiger charge is -2.15. The van der Waals surface area contributed by atoms with E-state index in [1.807, 2.05) is 6.92 Å². The van der Waals surface area contributed by atoms with Gasteiger partial charge in [-0.25, -0.2) is 4.79 Å². The number of hydrogen-bond acceptors (Lipinski definition) is 2. The van der Waals surface area contributed by atoms with Crippen molar-refractivity contribution < 1.29 is 14.7 Å². The second kappa shape index (κ2) is 5.72. The Morgan fingerprint density at radius 1 is 1.50 bits per heavy atom. The van der Waals surface area contributed by atoms with E-state index in [2.05, 4.69) is 17.6 Å². The Bertz CT molecular complexity index is 268. The molecule has 0 heterocycles. The molecule has 3 N–H and O–H groups in total. The van der Waals surface area contributed by atoms with E-state index >= 15 is 0 Å². The number of aliphatic carboxylic acids is 1. The summed E-state index contributed by atoms with van der Waals surface area (Å²) in [4.78, 5) is 21.9. The van der Waals surface area contributed by atoms with Crippen LogP contribution in [-0.4, -0.2) is 29.7 Å². The van der Waals surface area contributed by atoms with Crippen LogP contribution in [-0.2, 0) is 4.79 Å². The van der Waals surface area contributed by atoms with Gasteiger partial charge in [0.05, 0.1) is 6.42 Å². The van der Waals surface area contributed by atoms with E-state index in [0.29, 0.717) is 24.8 Å². The molecule has 0 spiro atoms. The molecular formula is C11H20N2O3. The van der Waals surface area contributed by atoms with Gasteiger partial charge in [-0.15, -0.1) is 0 Å². The van der Waals surface area contributed by atoms with E-state index in [9.17, 15) is 9.59 Å². The minimum Gasteiger partial charge on any atom is -0.481 e. The number of carbonyl (C=O) groups is 2. The van der Waals surface area contributed by atoms with Crippen LogP contribution in [0.5, 0.6) is 0 Å². The molecule has 1 aliphatic carbocycles. The largest absolute Gasteiger partial charge is 0.481 e. The second-order valence-electron chi connectivity index (χ2n) is 4.53. The number of carboxylic acids is 1. The number of hydrogen-bond donors (Lipinski definition) is 3. The normalized spacial score (nSPS) is 24.6. The van der Waals surface area contributed by atoms with Crippen molar-refractivity contribution in [2.24, 2.45) is 11.8 Å². The molecule has 3 atom stereocenters. The first-order valence-electron chi connectivity index (χ1n) is 5.79. The Morgan fingerprint density at radius 2 is 2.12 bits per heavy atom. The van der Waals surface area contributed by atoms with Crippen molar-refractivity contribution >= 4 is 12.0 Å². The smallest absolute Gasteiger partial charge is 0.315 e. The predicted molar refractivity (Wildman–Crippen MR) is 60.1 cm³/mol. The fourth-order valence-corrected chi connectivity index (χ4v) is 1.65. The Hall–Kier alpha value is -1.26. The molecule has 1 aliphatic rings. The van der Waals surface area contributed by atoms with E-state index in [-0.39, 0.29) is 18.5 Å². The molecule has 2 amide bonds. The highest BCUT2D eigenvalue weighted by atomic mass is 16.4. The highest BCUT2D eigenvalue weighted by Crippen LogP contribution is 2.36. The molecule has 1 saturated carbocycles. The van der Waals surface area contributed by atoms with Crippen LogP contribution >= 0.6 is 0 Å². The molecule has 0 aliphatic heterocycles. The van der Waals surface area contributed by atoms with Crippen molar-refractivity contribution in [2.75, 3.05) is 6.54 Å². The third kappa shape index (κ3) is 4.51. The molecule has 0 radical (unpaired) electrons. The molecule has 0 aromatic carbocycles. The number of nitrogens with one attached hydrogen (secondary N) is 2. The van der Waals surface area contributed by atoms with Crippen molar-refractivity contribution in [1.82, 2.24) is 10.6 Å². The summed E-state index contributed by atoms with van der Waals surface area (Å²) in [5.41, 5.74) is 0. The summed E-state index contributed by atoms with van der Waals surface area (Å²) in [5.74, 6) is 0.426. The average molecular weight is 228 g/mol. The van der Waals surface area contributed by atoms with E-state index in [1.54, 1.807) is 0 Å². The maximum absolute atomic E-state index is 11.4. The standard InChI is InChI=1S/C11H20N2O3/c1-3-9(5-10(14)15)13-11(16)12-6-8-4-7(8)2/h7-9H,3-6H2,1-2H3,(H,14,15)(H2,12,13,16). The molecule has 0 bridgehead atoms. The molecule has 0 aromatic rings. The Labute approximate surface area is 95.6 Å². The van der Waals surface area contributed by atoms with Crippen LogP contribution in [0.2, 0.25) is 0 Å². The van der Waals surface area contributed by atoms with Gasteiger partial charge in [-0.1, -0.05) is 13.8 Å². The topological polar surface area (TPSA) is 78.4 Å². The van der Waals surface area contributed by atoms with Gasteiger partial charge in [0.2, 0.25) is 0 Å². The minimum absolute atomic E-state index is 0.0241. The fourth-order valence-electron chi connectivity index (χ4n) is 1.65. The first-order valence-corrected chi connectivity index (χ1v) is 5.79. The van der Waals surface area contributed by atoms with Gasteiger partial charge in [-0.05, 0) is 24.7 Å². The zero-order valence-corrected chi connectivity index (χ0v) is 9.82. The Kier molecular flexibility index (Phi) is 4.58. The van der Waals surface area contributed by atoms with Gasteiger partial charge < -0.3 is 15.7 Å². The maximum Gasteiger partial charge on any atom is 0.315 e. The quantitative estimate of drug-likeness (QED) is 0.639. The molecule has 1 fully saturated rings. The fraction of sp³-hybridized carbons (Fsp3) is 0.818. The first kappa shape index (κ1) is 12.8. The number of amides is 2. The van der Waals surface area contributed by atoms with E-state index in [1.165, 1.54) is 6.42 Å². The van der Waals surface area contributed by atoms with Crippen molar-refractivity contribution in [3.05, 3.63) is 0 Å². The van der Waals surface area contributed by atoms with E-state index in [4.69, 9.17) is 5.11 Å². The second-order valence-corrected chi connectivity index (χ2v) is 4.53. The summed E-state index contributed by atoms with van der Waals surface area (Å²) in [7, 11) is 0. The van der Waals surface area contributed by atoms with Crippen molar-refractivity contribution in [3.8, 4) is 0 Å². The van der Waals surface area contributed by atoms with Crippen LogP contribution in [0.1, 0.15) is 33.1 Å². The van der Waals surface area contributed by atoms with E-state index in [0.717, 1.165) is 0 Å². The van der Waals surface area contributed by atoms with Crippen LogP contribution in [0.3, 0.4) is 0 Å². The molecule has 5 heteroatoms. The zero-order chi connectivity index (χ0) is 12.1. The summed E-state index contributed by atoms with van der Waals surface area (Å²) in [6.45, 7) is 4.71. The Morgan fingerprint density at radius 3 is 2.56 bits per heavy atom. The number of carboxylic acid groups (broad SMARTS) is 1. The molecule has 1 rings (SSSR count). The van der Waals surface area contributed by atoms with Crippen LogP contribution in [0.15, 0.2) is 0 Å². The van der Waals surface area contributed by atoms with Crippen LogP contribution in [0.4, 0.5) is 4.79 Å². The summed E-state index contributed by atoms with van der Waals surface area (Å²) in [6.07, 6.45) is 1.77. The minimum atomic E-state index is -0.886. The predicted octanol–water partition coefficient (Wildman–Crippen LogP) is 1.19. The Balaban J connectivity index is 2.17. The average Bonchev–Trinajstić information content (AvgIpc) is 2.90. The van der Waals surface area contributed by atoms with Crippen molar-refractivity contribution in [3.63, 3.8) is 0 Å². The lowest BCUT2D eigenvalue weighted by molar-refractivity contribution is -0.137. The highest BCUT2D eigenvalue weighted by Gasteiger charge is 2.32. The van der Waals surface area contributed by atoms with Gasteiger partial charge in [0.15, 0.2) is 0 Å². The molecule has 0 aromatic heterocycles. The molecule has 92 valence electrons. The SMILES string of the molecule is CCC(CC(=O)O)NC(=O)NCC1CC1C. The third-order valence-electron chi connectivity index (χ3n) is 3.05. The molecule has 5 nitrogen and oxygen atoms in total. The van der Waals surface area contributed by atoms with Gasteiger partial charge in [0.25, 0.3) is 0 Å². The first-order chi connectivity index (χ1) is 7.52. The van der Waals surface area contributed by atoms with E-state index < -0.39 is 5.97 Å². The van der Waals surface area contributed by atoms with Crippen LogP contribution < -0.4 is 10.6 Å². The molecule has 0 saturated heterocycles. The zero-order valence-electron chi connectivity index (χ0n) is 9.82. The van der Waals surface area contributed by atoms with Crippen LogP contribution in [0, 0.1) is 11.8 Å². The van der Waals surface area contributed by atoms with Gasteiger partial charge >= 0.3 is 12.0 Å². The van der Waals surface area contributed by atoms with Gasteiger partial charge in [-0.2, -0.15) is 0 Å². The number of rotatable bonds is 6. The summed E-state index contributed by atoms with van der Waals surface area (Å²) in [5, 5.41) is 14.1. The van der Waals surface area contributed by atoms with Crippen molar-refractivity contribution in [2.45, 2.75) is 39.2 Å². The van der Waals surface area contributed by atoms with Crippen LogP contribution in [0.25, 0.3) is 0 Å². The summed E-state index contributed by atoms with van der Waals surface area (Å²) in [6, 6.07) is -0.540. The highest BCUT2D eigenvalue weighted by molar-refractivity contribution is 5.75. The summed E-state index contributed by atoms with van der Waals surface area (Å²) < 4.78 is 0.